The van der Waals surface area contributed by atoms with Gasteiger partial charge >= 0.3 is 0 Å². The Morgan fingerprint density at radius 1 is 1.11 bits per heavy atom. The fourth-order valence-corrected chi connectivity index (χ4v) is 2.66. The van der Waals surface area contributed by atoms with Gasteiger partial charge in [-0.25, -0.2) is 4.68 Å². The van der Waals surface area contributed by atoms with E-state index in [4.69, 9.17) is 16.3 Å². The highest BCUT2D eigenvalue weighted by molar-refractivity contribution is 6.33. The van der Waals surface area contributed by atoms with Crippen molar-refractivity contribution in [2.75, 3.05) is 17.7 Å². The van der Waals surface area contributed by atoms with E-state index >= 15 is 0 Å². The zero-order valence-electron chi connectivity index (χ0n) is 15.3. The number of carbonyl (C=O) groups is 2. The third-order valence-corrected chi connectivity index (χ3v) is 4.32. The quantitative estimate of drug-likeness (QED) is 0.663. The molecule has 0 aliphatic carbocycles. The average molecular weight is 400 g/mol. The minimum atomic E-state index is -0.416. The molecule has 28 heavy (non-hydrogen) atoms. The first-order chi connectivity index (χ1) is 13.5. The Hall–Kier alpha value is -3.39. The van der Waals surface area contributed by atoms with Gasteiger partial charge in [-0.15, -0.1) is 5.10 Å². The monoisotopic (exact) mass is 399 g/mol. The van der Waals surface area contributed by atoms with Gasteiger partial charge in [0.05, 0.1) is 23.5 Å². The second kappa shape index (κ2) is 8.53. The van der Waals surface area contributed by atoms with Crippen molar-refractivity contribution < 1.29 is 14.3 Å². The number of anilines is 2. The fraction of sp³-hybridized carbons (Fsp3) is 0.158. The fourth-order valence-electron chi connectivity index (χ4n) is 2.47. The number of nitrogens with zero attached hydrogens (tertiary/aromatic N) is 3. The first-order valence-electron chi connectivity index (χ1n) is 8.38. The largest absolute Gasteiger partial charge is 0.497 e. The van der Waals surface area contributed by atoms with Crippen LogP contribution in [0.5, 0.6) is 5.75 Å². The van der Waals surface area contributed by atoms with Crippen LogP contribution in [0.15, 0.2) is 48.5 Å². The molecular formula is C19H18ClN5O3. The van der Waals surface area contributed by atoms with Crippen LogP contribution in [-0.2, 0) is 11.3 Å². The van der Waals surface area contributed by atoms with Crippen LogP contribution < -0.4 is 15.4 Å². The zero-order valence-corrected chi connectivity index (χ0v) is 16.0. The Labute approximate surface area is 166 Å². The van der Waals surface area contributed by atoms with Gasteiger partial charge in [-0.1, -0.05) is 28.9 Å². The summed E-state index contributed by atoms with van der Waals surface area (Å²) in [4.78, 5) is 24.7. The van der Waals surface area contributed by atoms with Crippen LogP contribution >= 0.6 is 11.6 Å². The van der Waals surface area contributed by atoms with Crippen LogP contribution in [0.3, 0.4) is 0 Å². The van der Waals surface area contributed by atoms with E-state index in [1.54, 1.807) is 62.6 Å². The third kappa shape index (κ3) is 4.47. The van der Waals surface area contributed by atoms with Crippen molar-refractivity contribution in [3.8, 4) is 5.75 Å². The number of hydrogen-bond acceptors (Lipinski definition) is 5. The third-order valence-electron chi connectivity index (χ3n) is 3.99. The maximum Gasteiger partial charge on any atom is 0.278 e. The van der Waals surface area contributed by atoms with Crippen LogP contribution in [0.2, 0.25) is 5.02 Å². The van der Waals surface area contributed by atoms with Crippen molar-refractivity contribution in [1.29, 1.82) is 0 Å². The lowest BCUT2D eigenvalue weighted by Gasteiger charge is -2.08. The second-order valence-electron chi connectivity index (χ2n) is 5.89. The molecule has 0 unspecified atom stereocenters. The molecule has 144 valence electrons. The SMILES string of the molecule is COc1ccc(NC(=O)c2nnn(CC(=O)Nc3ccccc3Cl)c2C)cc1. The topological polar surface area (TPSA) is 98.1 Å². The molecule has 3 rings (SSSR count). The van der Waals surface area contributed by atoms with Crippen molar-refractivity contribution >= 4 is 34.8 Å². The normalized spacial score (nSPS) is 10.4. The van der Waals surface area contributed by atoms with Gasteiger partial charge in [0.15, 0.2) is 5.69 Å². The van der Waals surface area contributed by atoms with Crippen molar-refractivity contribution in [1.82, 2.24) is 15.0 Å². The predicted octanol–water partition coefficient (Wildman–Crippen LogP) is 3.14. The van der Waals surface area contributed by atoms with E-state index in [1.807, 2.05) is 0 Å². The maximum absolute atomic E-state index is 12.4. The lowest BCUT2D eigenvalue weighted by Crippen LogP contribution is -2.21. The Balaban J connectivity index is 1.66. The number of amides is 2. The smallest absolute Gasteiger partial charge is 0.278 e. The Morgan fingerprint density at radius 2 is 1.82 bits per heavy atom. The molecule has 0 saturated heterocycles. The summed E-state index contributed by atoms with van der Waals surface area (Å²) in [6.45, 7) is 1.57. The number of aromatic nitrogens is 3. The molecule has 1 heterocycles. The van der Waals surface area contributed by atoms with Gasteiger partial charge in [0, 0.05) is 5.69 Å². The summed E-state index contributed by atoms with van der Waals surface area (Å²) in [5, 5.41) is 13.7. The number of hydrogen-bond donors (Lipinski definition) is 2. The molecule has 9 heteroatoms. The average Bonchev–Trinajstić information content (AvgIpc) is 3.04. The number of ether oxygens (including phenoxy) is 1. The Morgan fingerprint density at radius 3 is 2.50 bits per heavy atom. The van der Waals surface area contributed by atoms with Crippen molar-refractivity contribution in [2.24, 2.45) is 0 Å². The summed E-state index contributed by atoms with van der Waals surface area (Å²) in [6.07, 6.45) is 0. The summed E-state index contributed by atoms with van der Waals surface area (Å²) < 4.78 is 6.44. The van der Waals surface area contributed by atoms with Gasteiger partial charge in [-0.3, -0.25) is 9.59 Å². The summed E-state index contributed by atoms with van der Waals surface area (Å²) in [7, 11) is 1.57. The van der Waals surface area contributed by atoms with E-state index in [0.717, 1.165) is 0 Å². The van der Waals surface area contributed by atoms with E-state index in [1.165, 1.54) is 4.68 Å². The van der Waals surface area contributed by atoms with Crippen molar-refractivity contribution in [3.63, 3.8) is 0 Å². The molecule has 0 aliphatic heterocycles. The Kier molecular flexibility index (Phi) is 5.90. The van der Waals surface area contributed by atoms with Crippen molar-refractivity contribution in [2.45, 2.75) is 13.5 Å². The molecular weight excluding hydrogens is 382 g/mol. The van der Waals surface area contributed by atoms with Crippen LogP contribution in [0.25, 0.3) is 0 Å². The molecule has 0 fully saturated rings. The predicted molar refractivity (Wildman–Crippen MR) is 106 cm³/mol. The van der Waals surface area contributed by atoms with Gasteiger partial charge < -0.3 is 15.4 Å². The highest BCUT2D eigenvalue weighted by atomic mass is 35.5. The van der Waals surface area contributed by atoms with E-state index in [0.29, 0.717) is 27.8 Å². The number of nitrogens with one attached hydrogen (secondary N) is 2. The number of methoxy groups -OCH3 is 1. The summed E-state index contributed by atoms with van der Waals surface area (Å²) in [6, 6.07) is 13.8. The summed E-state index contributed by atoms with van der Waals surface area (Å²) in [5.74, 6) is -0.0618. The van der Waals surface area contributed by atoms with E-state index < -0.39 is 5.91 Å². The van der Waals surface area contributed by atoms with Gasteiger partial charge in [0.1, 0.15) is 12.3 Å². The van der Waals surface area contributed by atoms with Gasteiger partial charge in [-0.05, 0) is 43.3 Å². The lowest BCUT2D eigenvalue weighted by atomic mass is 10.2. The molecule has 0 aliphatic rings. The molecule has 3 aromatic rings. The van der Waals surface area contributed by atoms with Crippen molar-refractivity contribution in [3.05, 3.63) is 64.9 Å². The van der Waals surface area contributed by atoms with Crippen LogP contribution in [-0.4, -0.2) is 33.9 Å². The number of para-hydroxylation sites is 1. The van der Waals surface area contributed by atoms with E-state index in [2.05, 4.69) is 20.9 Å². The second-order valence-corrected chi connectivity index (χ2v) is 6.30. The standard InChI is InChI=1S/C19H18ClN5O3/c1-12-18(19(27)21-13-7-9-14(28-2)10-8-13)23-24-25(12)11-17(26)22-16-6-4-3-5-15(16)20/h3-10H,11H2,1-2H3,(H,21,27)(H,22,26). The number of halogens is 1. The number of benzene rings is 2. The molecule has 0 saturated carbocycles. The molecule has 0 spiro atoms. The minimum Gasteiger partial charge on any atom is -0.497 e. The van der Waals surface area contributed by atoms with Gasteiger partial charge in [-0.2, -0.15) is 0 Å². The summed E-state index contributed by atoms with van der Waals surface area (Å²) >= 11 is 6.03. The minimum absolute atomic E-state index is 0.0973. The molecule has 0 radical (unpaired) electrons. The highest BCUT2D eigenvalue weighted by Gasteiger charge is 2.18. The molecule has 0 atom stereocenters. The first-order valence-corrected chi connectivity index (χ1v) is 8.75. The maximum atomic E-state index is 12.4. The van der Waals surface area contributed by atoms with E-state index in [9.17, 15) is 9.59 Å². The molecule has 2 aromatic carbocycles. The molecule has 2 amide bonds. The van der Waals surface area contributed by atoms with Gasteiger partial charge in [0.2, 0.25) is 5.91 Å². The molecule has 0 bridgehead atoms. The van der Waals surface area contributed by atoms with Crippen LogP contribution in [0.1, 0.15) is 16.2 Å². The van der Waals surface area contributed by atoms with Gasteiger partial charge in [0.25, 0.3) is 5.91 Å². The number of carbonyl (C=O) groups excluding carboxylic acids is 2. The molecule has 2 N–H and O–H groups in total. The van der Waals surface area contributed by atoms with Crippen LogP contribution in [0, 0.1) is 6.92 Å². The lowest BCUT2D eigenvalue weighted by molar-refractivity contribution is -0.117. The zero-order chi connectivity index (χ0) is 20.1. The molecule has 8 nitrogen and oxygen atoms in total. The number of rotatable bonds is 6. The first kappa shape index (κ1) is 19.4. The van der Waals surface area contributed by atoms with Crippen LogP contribution in [0.4, 0.5) is 11.4 Å². The summed E-state index contributed by atoms with van der Waals surface area (Å²) in [5.41, 5.74) is 1.71. The molecule has 1 aromatic heterocycles. The highest BCUT2D eigenvalue weighted by Crippen LogP contribution is 2.20. The van der Waals surface area contributed by atoms with E-state index in [-0.39, 0.29) is 18.1 Å². The Bertz CT molecular complexity index is 1000.